The maximum absolute atomic E-state index is 12.8. The number of aromatic nitrogens is 2. The number of carbonyl (C=O) groups excluding carboxylic acids is 1. The van der Waals surface area contributed by atoms with Crippen LogP contribution in [0.3, 0.4) is 0 Å². The Morgan fingerprint density at radius 3 is 3.03 bits per heavy atom. The molecule has 2 heterocycles. The van der Waals surface area contributed by atoms with Crippen molar-refractivity contribution in [2.45, 2.75) is 43.4 Å². The van der Waals surface area contributed by atoms with E-state index in [0.717, 1.165) is 28.1 Å². The molecule has 0 fully saturated rings. The molecule has 29 heavy (non-hydrogen) atoms. The summed E-state index contributed by atoms with van der Waals surface area (Å²) in [6.07, 6.45) is 4.94. The summed E-state index contributed by atoms with van der Waals surface area (Å²) in [5.41, 5.74) is 1.93. The number of thiophene rings is 1. The number of amides is 1. The Balaban J connectivity index is 1.57. The molecule has 1 N–H and O–H groups in total. The average molecular weight is 448 g/mol. The van der Waals surface area contributed by atoms with E-state index in [1.165, 1.54) is 28.6 Å². The van der Waals surface area contributed by atoms with Gasteiger partial charge < -0.3 is 10.1 Å². The Bertz CT molecular complexity index is 1070. The molecule has 8 heteroatoms. The molecule has 152 valence electrons. The van der Waals surface area contributed by atoms with Crippen LogP contribution in [0.15, 0.2) is 29.6 Å². The van der Waals surface area contributed by atoms with Gasteiger partial charge in [0.2, 0.25) is 5.91 Å². The molecule has 0 unspecified atom stereocenters. The molecule has 4 rings (SSSR count). The number of aryl methyl sites for hydroxylation is 1. The highest BCUT2D eigenvalue weighted by Gasteiger charge is 2.25. The van der Waals surface area contributed by atoms with Crippen molar-refractivity contribution in [3.8, 4) is 5.75 Å². The van der Waals surface area contributed by atoms with Crippen molar-refractivity contribution in [3.05, 3.63) is 40.0 Å². The summed E-state index contributed by atoms with van der Waals surface area (Å²) >= 11 is 9.30. The quantitative estimate of drug-likeness (QED) is 0.407. The van der Waals surface area contributed by atoms with Crippen LogP contribution in [-0.4, -0.2) is 28.2 Å². The van der Waals surface area contributed by atoms with Crippen LogP contribution >= 0.6 is 34.7 Å². The number of ether oxygens (including phenoxy) is 1. The molecule has 0 saturated heterocycles. The Kier molecular flexibility index (Phi) is 5.99. The molecule has 1 amide bonds. The second kappa shape index (κ2) is 8.50. The summed E-state index contributed by atoms with van der Waals surface area (Å²) in [5, 5.41) is 5.13. The van der Waals surface area contributed by atoms with Gasteiger partial charge in [-0.15, -0.1) is 11.3 Å². The zero-order valence-electron chi connectivity index (χ0n) is 16.5. The molecular formula is C21H22ClN3O2S2. The summed E-state index contributed by atoms with van der Waals surface area (Å²) in [6, 6.07) is 5.16. The van der Waals surface area contributed by atoms with E-state index in [2.05, 4.69) is 22.2 Å². The van der Waals surface area contributed by atoms with Crippen molar-refractivity contribution < 1.29 is 9.53 Å². The fourth-order valence-electron chi connectivity index (χ4n) is 3.57. The molecule has 0 radical (unpaired) electrons. The first-order valence-corrected chi connectivity index (χ1v) is 11.6. The third-order valence-electron chi connectivity index (χ3n) is 5.13. The first kappa shape index (κ1) is 20.4. The lowest BCUT2D eigenvalue weighted by Gasteiger charge is -2.18. The van der Waals surface area contributed by atoms with E-state index in [9.17, 15) is 4.79 Å². The van der Waals surface area contributed by atoms with E-state index < -0.39 is 0 Å². The summed E-state index contributed by atoms with van der Waals surface area (Å²) < 4.78 is 5.32. The lowest BCUT2D eigenvalue weighted by atomic mass is 9.89. The molecule has 1 aromatic carbocycles. The van der Waals surface area contributed by atoms with Crippen LogP contribution in [0.2, 0.25) is 5.02 Å². The molecule has 0 aliphatic heterocycles. The van der Waals surface area contributed by atoms with Crippen molar-refractivity contribution in [3.63, 3.8) is 0 Å². The van der Waals surface area contributed by atoms with E-state index in [1.807, 2.05) is 6.92 Å². The minimum Gasteiger partial charge on any atom is -0.495 e. The molecule has 0 bridgehead atoms. The summed E-state index contributed by atoms with van der Waals surface area (Å²) in [5.74, 6) is 1.16. The third-order valence-corrected chi connectivity index (χ3v) is 7.63. The molecule has 1 aliphatic carbocycles. The monoisotopic (exact) mass is 447 g/mol. The second-order valence-electron chi connectivity index (χ2n) is 7.30. The highest BCUT2D eigenvalue weighted by atomic mass is 35.5. The highest BCUT2D eigenvalue weighted by Crippen LogP contribution is 2.41. The fourth-order valence-corrected chi connectivity index (χ4v) is 6.10. The molecule has 3 aromatic rings. The van der Waals surface area contributed by atoms with Crippen molar-refractivity contribution in [1.82, 2.24) is 9.97 Å². The molecular weight excluding hydrogens is 426 g/mol. The van der Waals surface area contributed by atoms with Crippen molar-refractivity contribution in [2.75, 3.05) is 12.4 Å². The average Bonchev–Trinajstić information content (AvgIpc) is 3.06. The van der Waals surface area contributed by atoms with Gasteiger partial charge in [0, 0.05) is 15.3 Å². The van der Waals surface area contributed by atoms with E-state index in [-0.39, 0.29) is 11.2 Å². The second-order valence-corrected chi connectivity index (χ2v) is 10.2. The summed E-state index contributed by atoms with van der Waals surface area (Å²) in [4.78, 5) is 24.3. The van der Waals surface area contributed by atoms with Gasteiger partial charge in [0.25, 0.3) is 0 Å². The van der Waals surface area contributed by atoms with Crippen LogP contribution < -0.4 is 10.1 Å². The number of anilines is 1. The summed E-state index contributed by atoms with van der Waals surface area (Å²) in [6.45, 7) is 4.18. The van der Waals surface area contributed by atoms with Crippen molar-refractivity contribution in [2.24, 2.45) is 5.92 Å². The molecule has 5 nitrogen and oxygen atoms in total. The normalized spacial score (nSPS) is 17.0. The smallest absolute Gasteiger partial charge is 0.237 e. The number of benzene rings is 1. The Morgan fingerprint density at radius 1 is 1.41 bits per heavy atom. The maximum atomic E-state index is 12.8. The molecule has 2 aromatic heterocycles. The Labute approximate surface area is 183 Å². The number of fused-ring (bicyclic) bond motifs is 3. The van der Waals surface area contributed by atoms with E-state index in [0.29, 0.717) is 22.4 Å². The van der Waals surface area contributed by atoms with Gasteiger partial charge in [-0.05, 0) is 55.9 Å². The van der Waals surface area contributed by atoms with Gasteiger partial charge >= 0.3 is 0 Å². The predicted octanol–water partition coefficient (Wildman–Crippen LogP) is 5.60. The first-order chi connectivity index (χ1) is 14.0. The minimum absolute atomic E-state index is 0.125. The van der Waals surface area contributed by atoms with Crippen molar-refractivity contribution >= 4 is 56.5 Å². The van der Waals surface area contributed by atoms with Crippen LogP contribution in [-0.2, 0) is 17.6 Å². The van der Waals surface area contributed by atoms with Crippen molar-refractivity contribution in [1.29, 1.82) is 0 Å². The van der Waals surface area contributed by atoms with Gasteiger partial charge in [0.1, 0.15) is 21.9 Å². The predicted molar refractivity (Wildman–Crippen MR) is 121 cm³/mol. The Morgan fingerprint density at radius 2 is 2.24 bits per heavy atom. The highest BCUT2D eigenvalue weighted by molar-refractivity contribution is 8.00. The van der Waals surface area contributed by atoms with Crippen LogP contribution in [0, 0.1) is 5.92 Å². The SMILES string of the molecule is COc1ccc(Cl)cc1NC(=O)[C@@H](C)Sc1ncnc2sc3c(c12)CC[C@@H](C)C3. The number of halogens is 1. The fraction of sp³-hybridized carbons (Fsp3) is 0.381. The number of rotatable bonds is 5. The van der Waals surface area contributed by atoms with Gasteiger partial charge in [0.05, 0.1) is 18.0 Å². The first-order valence-electron chi connectivity index (χ1n) is 9.52. The number of carbonyl (C=O) groups is 1. The van der Waals surface area contributed by atoms with E-state index in [4.69, 9.17) is 16.3 Å². The van der Waals surface area contributed by atoms with Gasteiger partial charge in [-0.25, -0.2) is 9.97 Å². The largest absolute Gasteiger partial charge is 0.495 e. The summed E-state index contributed by atoms with van der Waals surface area (Å²) in [7, 11) is 1.56. The lowest BCUT2D eigenvalue weighted by Crippen LogP contribution is -2.23. The van der Waals surface area contributed by atoms with Gasteiger partial charge in [-0.2, -0.15) is 0 Å². The minimum atomic E-state index is -0.338. The van der Waals surface area contributed by atoms with Gasteiger partial charge in [0.15, 0.2) is 0 Å². The van der Waals surface area contributed by atoms with Gasteiger partial charge in [-0.3, -0.25) is 4.79 Å². The maximum Gasteiger partial charge on any atom is 0.237 e. The number of nitrogens with zero attached hydrogens (tertiary/aromatic N) is 2. The number of hydrogen-bond donors (Lipinski definition) is 1. The zero-order valence-corrected chi connectivity index (χ0v) is 18.9. The van der Waals surface area contributed by atoms with E-state index in [1.54, 1.807) is 43.0 Å². The molecule has 0 saturated carbocycles. The van der Waals surface area contributed by atoms with Crippen LogP contribution in [0.5, 0.6) is 5.75 Å². The molecule has 1 aliphatic rings. The third kappa shape index (κ3) is 4.22. The molecule has 0 spiro atoms. The Hall–Kier alpha value is -1.83. The number of nitrogens with one attached hydrogen (secondary N) is 1. The number of thioether (sulfide) groups is 1. The molecule has 2 atom stereocenters. The van der Waals surface area contributed by atoms with Gasteiger partial charge in [-0.1, -0.05) is 30.3 Å². The zero-order chi connectivity index (χ0) is 20.5. The lowest BCUT2D eigenvalue weighted by molar-refractivity contribution is -0.115. The number of methoxy groups -OCH3 is 1. The van der Waals surface area contributed by atoms with Crippen LogP contribution in [0.1, 0.15) is 30.7 Å². The topological polar surface area (TPSA) is 64.1 Å². The number of hydrogen-bond acceptors (Lipinski definition) is 6. The van der Waals surface area contributed by atoms with Crippen LogP contribution in [0.25, 0.3) is 10.2 Å². The van der Waals surface area contributed by atoms with Crippen LogP contribution in [0.4, 0.5) is 5.69 Å². The standard InChI is InChI=1S/C21H22ClN3O2S2/c1-11-4-6-14-17(8-11)29-21-18(14)20(23-10-24-21)28-12(2)19(26)25-15-9-13(22)5-7-16(15)27-3/h5,7,9-12H,4,6,8H2,1-3H3,(H,25,26)/t11-,12-/m1/s1. The van der Waals surface area contributed by atoms with E-state index >= 15 is 0 Å².